The fraction of sp³-hybridized carbons (Fsp3) is 0.882. The molecule has 0 unspecified atom stereocenters. The first kappa shape index (κ1) is 15.6. The molecule has 0 aromatic rings. The molecular formula is C17H27NO4. The molecule has 1 saturated heterocycles. The molecule has 0 bridgehead atoms. The summed E-state index contributed by atoms with van der Waals surface area (Å²) in [6.45, 7) is 6.53. The van der Waals surface area contributed by atoms with Crippen molar-refractivity contribution in [3.63, 3.8) is 0 Å². The second-order valence-corrected chi connectivity index (χ2v) is 7.22. The van der Waals surface area contributed by atoms with Crippen molar-refractivity contribution >= 4 is 12.1 Å². The first-order valence-electron chi connectivity index (χ1n) is 8.65. The predicted octanol–water partition coefficient (Wildman–Crippen LogP) is 2.73. The van der Waals surface area contributed by atoms with E-state index in [2.05, 4.69) is 12.2 Å². The Kier molecular flexibility index (Phi) is 4.33. The van der Waals surface area contributed by atoms with Crippen LogP contribution in [0.5, 0.6) is 0 Å². The molecule has 3 rings (SSSR count). The fourth-order valence-electron chi connectivity index (χ4n) is 5.21. The lowest BCUT2D eigenvalue weighted by Gasteiger charge is -2.47. The van der Waals surface area contributed by atoms with E-state index >= 15 is 0 Å². The Bertz CT molecular complexity index is 452. The highest BCUT2D eigenvalue weighted by Gasteiger charge is 2.53. The molecule has 0 aromatic heterocycles. The molecule has 0 spiro atoms. The van der Waals surface area contributed by atoms with Crippen LogP contribution in [0.2, 0.25) is 0 Å². The quantitative estimate of drug-likeness (QED) is 0.797. The van der Waals surface area contributed by atoms with Crippen LogP contribution in [0.4, 0.5) is 4.79 Å². The van der Waals surface area contributed by atoms with E-state index in [0.717, 1.165) is 25.7 Å². The second-order valence-electron chi connectivity index (χ2n) is 7.22. The van der Waals surface area contributed by atoms with Crippen molar-refractivity contribution in [2.75, 3.05) is 6.61 Å². The summed E-state index contributed by atoms with van der Waals surface area (Å²) in [6, 6.07) is 0.180. The molecule has 124 valence electrons. The van der Waals surface area contributed by atoms with Crippen molar-refractivity contribution in [3.05, 3.63) is 0 Å². The third-order valence-corrected chi connectivity index (χ3v) is 6.09. The molecule has 7 atom stereocenters. The lowest BCUT2D eigenvalue weighted by atomic mass is 9.57. The van der Waals surface area contributed by atoms with Gasteiger partial charge in [-0.15, -0.1) is 0 Å². The average molecular weight is 309 g/mol. The minimum absolute atomic E-state index is 0.0109. The number of carbonyl (C=O) groups excluding carboxylic acids is 2. The Morgan fingerprint density at radius 1 is 1.32 bits per heavy atom. The van der Waals surface area contributed by atoms with Crippen molar-refractivity contribution < 1.29 is 19.1 Å². The van der Waals surface area contributed by atoms with E-state index in [9.17, 15) is 9.59 Å². The summed E-state index contributed by atoms with van der Waals surface area (Å²) in [7, 11) is 0. The number of fused-ring (bicyclic) bond motifs is 2. The van der Waals surface area contributed by atoms with Gasteiger partial charge >= 0.3 is 12.1 Å². The Morgan fingerprint density at radius 3 is 2.82 bits per heavy atom. The van der Waals surface area contributed by atoms with Crippen LogP contribution < -0.4 is 5.32 Å². The maximum Gasteiger partial charge on any atom is 0.407 e. The summed E-state index contributed by atoms with van der Waals surface area (Å²) < 4.78 is 10.5. The van der Waals surface area contributed by atoms with Gasteiger partial charge < -0.3 is 14.8 Å². The normalized spacial score (nSPS) is 43.8. The predicted molar refractivity (Wildman–Crippen MR) is 81.1 cm³/mol. The van der Waals surface area contributed by atoms with Crippen LogP contribution in [0.15, 0.2) is 0 Å². The van der Waals surface area contributed by atoms with E-state index in [4.69, 9.17) is 9.47 Å². The van der Waals surface area contributed by atoms with Crippen LogP contribution in [0.1, 0.15) is 46.5 Å². The third-order valence-electron chi connectivity index (χ3n) is 6.09. The van der Waals surface area contributed by atoms with Gasteiger partial charge in [0, 0.05) is 12.0 Å². The molecule has 0 aromatic carbocycles. The molecule has 3 aliphatic rings. The van der Waals surface area contributed by atoms with Crippen molar-refractivity contribution in [1.29, 1.82) is 0 Å². The standard InChI is InChI=1S/C17H27NO4/c1-4-21-17(20)18-12-5-6-13-9(2)15-10(3)22-16(19)14(15)8-11(13)7-12/h9-15H,4-8H2,1-3H3,(H,18,20)/t9-,10+,11-,12+,13-,14+,15+/m0/s1. The highest BCUT2D eigenvalue weighted by atomic mass is 16.6. The number of cyclic esters (lactones) is 1. The van der Waals surface area contributed by atoms with Gasteiger partial charge in [0.05, 0.1) is 12.5 Å². The molecule has 5 heteroatoms. The fourth-order valence-corrected chi connectivity index (χ4v) is 5.21. The van der Waals surface area contributed by atoms with Gasteiger partial charge in [0.25, 0.3) is 0 Å². The zero-order valence-corrected chi connectivity index (χ0v) is 13.7. The van der Waals surface area contributed by atoms with Gasteiger partial charge in [-0.3, -0.25) is 4.79 Å². The molecule has 1 amide bonds. The molecule has 1 aliphatic heterocycles. The number of hydrogen-bond donors (Lipinski definition) is 1. The Balaban J connectivity index is 1.65. The van der Waals surface area contributed by atoms with Gasteiger partial charge in [-0.2, -0.15) is 0 Å². The van der Waals surface area contributed by atoms with Gasteiger partial charge in [-0.05, 0) is 57.3 Å². The van der Waals surface area contributed by atoms with Gasteiger partial charge in [0.2, 0.25) is 0 Å². The van der Waals surface area contributed by atoms with Crippen molar-refractivity contribution in [1.82, 2.24) is 5.32 Å². The molecule has 5 nitrogen and oxygen atoms in total. The average Bonchev–Trinajstić information content (AvgIpc) is 2.74. The number of carbonyl (C=O) groups is 2. The van der Waals surface area contributed by atoms with Crippen LogP contribution in [-0.4, -0.2) is 30.8 Å². The molecule has 1 heterocycles. The largest absolute Gasteiger partial charge is 0.462 e. The summed E-state index contributed by atoms with van der Waals surface area (Å²) in [4.78, 5) is 23.7. The minimum Gasteiger partial charge on any atom is -0.462 e. The van der Waals surface area contributed by atoms with E-state index in [1.54, 1.807) is 0 Å². The molecule has 2 aliphatic carbocycles. The molecule has 2 saturated carbocycles. The minimum atomic E-state index is -0.318. The van der Waals surface area contributed by atoms with Crippen LogP contribution >= 0.6 is 0 Å². The second kappa shape index (κ2) is 6.09. The zero-order chi connectivity index (χ0) is 15.9. The molecule has 1 N–H and O–H groups in total. The van der Waals surface area contributed by atoms with Crippen LogP contribution in [-0.2, 0) is 14.3 Å². The van der Waals surface area contributed by atoms with E-state index in [1.165, 1.54) is 0 Å². The summed E-state index contributed by atoms with van der Waals surface area (Å²) in [6.07, 6.45) is 3.74. The van der Waals surface area contributed by atoms with Gasteiger partial charge in [-0.1, -0.05) is 6.92 Å². The van der Waals surface area contributed by atoms with Gasteiger partial charge in [0.1, 0.15) is 6.10 Å². The lowest BCUT2D eigenvalue weighted by molar-refractivity contribution is -0.144. The highest BCUT2D eigenvalue weighted by Crippen LogP contribution is 2.52. The highest BCUT2D eigenvalue weighted by molar-refractivity contribution is 5.75. The van der Waals surface area contributed by atoms with E-state index in [1.807, 2.05) is 13.8 Å². The number of hydrogen-bond acceptors (Lipinski definition) is 4. The maximum absolute atomic E-state index is 12.1. The molecule has 22 heavy (non-hydrogen) atoms. The van der Waals surface area contributed by atoms with Crippen LogP contribution in [0.25, 0.3) is 0 Å². The van der Waals surface area contributed by atoms with Crippen LogP contribution in [0.3, 0.4) is 0 Å². The lowest BCUT2D eigenvalue weighted by Crippen LogP contribution is -2.48. The number of rotatable bonds is 2. The van der Waals surface area contributed by atoms with Gasteiger partial charge in [-0.25, -0.2) is 4.79 Å². The van der Waals surface area contributed by atoms with E-state index in [0.29, 0.717) is 30.3 Å². The maximum atomic E-state index is 12.1. The van der Waals surface area contributed by atoms with E-state index in [-0.39, 0.29) is 30.1 Å². The number of ether oxygens (including phenoxy) is 2. The number of alkyl carbamates (subject to hydrolysis) is 1. The zero-order valence-electron chi connectivity index (χ0n) is 13.7. The Labute approximate surface area is 132 Å². The van der Waals surface area contributed by atoms with Crippen molar-refractivity contribution in [2.24, 2.45) is 29.6 Å². The monoisotopic (exact) mass is 309 g/mol. The summed E-state index contributed by atoms with van der Waals surface area (Å²) >= 11 is 0. The van der Waals surface area contributed by atoms with Crippen molar-refractivity contribution in [2.45, 2.75) is 58.6 Å². The number of esters is 1. The third kappa shape index (κ3) is 2.70. The Morgan fingerprint density at radius 2 is 2.09 bits per heavy atom. The molecular weight excluding hydrogens is 282 g/mol. The molecule has 3 fully saturated rings. The van der Waals surface area contributed by atoms with Gasteiger partial charge in [0.15, 0.2) is 0 Å². The SMILES string of the molecule is CCOC(=O)N[C@@H]1CC[C@@H]2[C@@H](C1)C[C@H]1C(=O)O[C@H](C)[C@H]1[C@H]2C. The summed E-state index contributed by atoms with van der Waals surface area (Å²) in [5.74, 6) is 2.11. The summed E-state index contributed by atoms with van der Waals surface area (Å²) in [5, 5.41) is 2.97. The van der Waals surface area contributed by atoms with E-state index < -0.39 is 0 Å². The smallest absolute Gasteiger partial charge is 0.407 e. The number of nitrogens with one attached hydrogen (secondary N) is 1. The first-order valence-corrected chi connectivity index (χ1v) is 8.65. The first-order chi connectivity index (χ1) is 10.5. The number of amides is 1. The Hall–Kier alpha value is -1.26. The van der Waals surface area contributed by atoms with Crippen LogP contribution in [0, 0.1) is 29.6 Å². The summed E-state index contributed by atoms with van der Waals surface area (Å²) in [5.41, 5.74) is 0. The topological polar surface area (TPSA) is 64.6 Å². The van der Waals surface area contributed by atoms with Crippen molar-refractivity contribution in [3.8, 4) is 0 Å². The molecule has 0 radical (unpaired) electrons.